The molecule has 2 aromatic rings. The summed E-state index contributed by atoms with van der Waals surface area (Å²) in [6, 6.07) is 9.57. The van der Waals surface area contributed by atoms with Crippen LogP contribution in [0, 0.1) is 0 Å². The van der Waals surface area contributed by atoms with Crippen LogP contribution in [0.4, 0.5) is 4.79 Å². The Hall–Kier alpha value is -2.21. The number of urea groups is 1. The van der Waals surface area contributed by atoms with Gasteiger partial charge in [-0.05, 0) is 19.3 Å². The van der Waals surface area contributed by atoms with E-state index in [2.05, 4.69) is 10.3 Å². The van der Waals surface area contributed by atoms with Crippen LogP contribution >= 0.6 is 11.3 Å². The summed E-state index contributed by atoms with van der Waals surface area (Å²) < 4.78 is 0. The zero-order valence-corrected chi connectivity index (χ0v) is 13.6. The van der Waals surface area contributed by atoms with Crippen molar-refractivity contribution in [2.45, 2.75) is 25.7 Å². The van der Waals surface area contributed by atoms with Crippen molar-refractivity contribution in [2.75, 3.05) is 13.1 Å². The van der Waals surface area contributed by atoms with Crippen molar-refractivity contribution in [2.24, 2.45) is 0 Å². The highest BCUT2D eigenvalue weighted by Crippen LogP contribution is 2.23. The van der Waals surface area contributed by atoms with Crippen molar-refractivity contribution >= 4 is 23.3 Å². The normalized spacial score (nSPS) is 14.5. The van der Waals surface area contributed by atoms with Gasteiger partial charge in [0, 0.05) is 24.0 Å². The molecule has 23 heavy (non-hydrogen) atoms. The lowest BCUT2D eigenvalue weighted by atomic mass is 10.1. The summed E-state index contributed by atoms with van der Waals surface area (Å²) in [6.07, 6.45) is 3.30. The van der Waals surface area contributed by atoms with Crippen molar-refractivity contribution in [1.82, 2.24) is 15.2 Å². The first-order valence-corrected chi connectivity index (χ1v) is 8.69. The predicted octanol–water partition coefficient (Wildman–Crippen LogP) is 3.07. The third kappa shape index (κ3) is 4.16. The zero-order valence-electron chi connectivity index (χ0n) is 12.8. The lowest BCUT2D eigenvalue weighted by Gasteiger charge is -2.26. The highest BCUT2D eigenvalue weighted by atomic mass is 32.1. The molecule has 6 heteroatoms. The average Bonchev–Trinajstić information content (AvgIpc) is 3.04. The second-order valence-corrected chi connectivity index (χ2v) is 6.45. The number of rotatable bonds is 3. The number of piperidine rings is 1. The number of hydrogen-bond donors (Lipinski definition) is 1. The second-order valence-electron chi connectivity index (χ2n) is 5.59. The van der Waals surface area contributed by atoms with Crippen LogP contribution in [0.25, 0.3) is 10.6 Å². The Kier molecular flexibility index (Phi) is 5.02. The fraction of sp³-hybridized carbons (Fsp3) is 0.353. The van der Waals surface area contributed by atoms with Gasteiger partial charge in [-0.2, -0.15) is 0 Å². The topological polar surface area (TPSA) is 62.3 Å². The molecule has 0 saturated carbocycles. The maximum Gasteiger partial charge on any atom is 0.324 e. The Morgan fingerprint density at radius 1 is 1.13 bits per heavy atom. The van der Waals surface area contributed by atoms with Crippen molar-refractivity contribution in [3.63, 3.8) is 0 Å². The summed E-state index contributed by atoms with van der Waals surface area (Å²) in [4.78, 5) is 30.2. The van der Waals surface area contributed by atoms with Gasteiger partial charge in [-0.1, -0.05) is 30.3 Å². The molecule has 1 aromatic carbocycles. The lowest BCUT2D eigenvalue weighted by Crippen LogP contribution is -2.45. The number of hydrogen-bond acceptors (Lipinski definition) is 4. The van der Waals surface area contributed by atoms with E-state index in [0.29, 0.717) is 5.69 Å². The molecule has 0 bridgehead atoms. The van der Waals surface area contributed by atoms with Crippen LogP contribution in [0.5, 0.6) is 0 Å². The molecule has 3 amide bonds. The van der Waals surface area contributed by atoms with E-state index in [-0.39, 0.29) is 18.4 Å². The van der Waals surface area contributed by atoms with Crippen LogP contribution in [-0.4, -0.2) is 34.9 Å². The van der Waals surface area contributed by atoms with E-state index < -0.39 is 0 Å². The van der Waals surface area contributed by atoms with Gasteiger partial charge < -0.3 is 4.90 Å². The molecular weight excluding hydrogens is 310 g/mol. The highest BCUT2D eigenvalue weighted by molar-refractivity contribution is 7.13. The Bertz CT molecular complexity index is 678. The first kappa shape index (κ1) is 15.7. The SMILES string of the molecule is O=C(Cc1csc(-c2ccccc2)n1)NC(=O)N1CCCCC1. The van der Waals surface area contributed by atoms with Crippen molar-refractivity contribution in [3.8, 4) is 10.6 Å². The van der Waals surface area contributed by atoms with E-state index in [0.717, 1.165) is 42.9 Å². The molecule has 3 rings (SSSR count). The predicted molar refractivity (Wildman–Crippen MR) is 90.2 cm³/mol. The second kappa shape index (κ2) is 7.37. The van der Waals surface area contributed by atoms with Gasteiger partial charge in [-0.15, -0.1) is 11.3 Å². The van der Waals surface area contributed by atoms with Crippen LogP contribution in [0.2, 0.25) is 0 Å². The number of carbonyl (C=O) groups excluding carboxylic acids is 2. The van der Waals surface area contributed by atoms with Crippen molar-refractivity contribution < 1.29 is 9.59 Å². The van der Waals surface area contributed by atoms with Crippen LogP contribution in [-0.2, 0) is 11.2 Å². The smallest absolute Gasteiger partial charge is 0.324 e. The summed E-state index contributed by atoms with van der Waals surface area (Å²) >= 11 is 1.51. The van der Waals surface area contributed by atoms with Gasteiger partial charge in [0.15, 0.2) is 0 Å². The molecule has 1 fully saturated rings. The van der Waals surface area contributed by atoms with Gasteiger partial charge in [-0.25, -0.2) is 9.78 Å². The number of amides is 3. The maximum atomic E-state index is 12.0. The van der Waals surface area contributed by atoms with Crippen LogP contribution in [0.1, 0.15) is 25.0 Å². The van der Waals surface area contributed by atoms with Crippen LogP contribution in [0.3, 0.4) is 0 Å². The van der Waals surface area contributed by atoms with E-state index in [1.165, 1.54) is 11.3 Å². The van der Waals surface area contributed by atoms with Gasteiger partial charge >= 0.3 is 6.03 Å². The molecule has 0 atom stereocenters. The van der Waals surface area contributed by atoms with Crippen LogP contribution in [0.15, 0.2) is 35.7 Å². The zero-order chi connectivity index (χ0) is 16.1. The number of thiazole rings is 1. The number of likely N-dealkylation sites (tertiary alicyclic amines) is 1. The minimum atomic E-state index is -0.300. The summed E-state index contributed by atoms with van der Waals surface area (Å²) in [7, 11) is 0. The van der Waals surface area contributed by atoms with E-state index in [1.54, 1.807) is 4.90 Å². The average molecular weight is 329 g/mol. The molecule has 0 spiro atoms. The Morgan fingerprint density at radius 2 is 1.87 bits per heavy atom. The van der Waals surface area contributed by atoms with Gasteiger partial charge in [0.05, 0.1) is 12.1 Å². The van der Waals surface area contributed by atoms with E-state index >= 15 is 0 Å². The molecule has 0 radical (unpaired) electrons. The number of benzene rings is 1. The van der Waals surface area contributed by atoms with Crippen molar-refractivity contribution in [1.29, 1.82) is 0 Å². The number of nitrogens with zero attached hydrogens (tertiary/aromatic N) is 2. The summed E-state index contributed by atoms with van der Waals surface area (Å²) in [5.41, 5.74) is 1.73. The third-order valence-corrected chi connectivity index (χ3v) is 4.74. The summed E-state index contributed by atoms with van der Waals surface area (Å²) in [6.45, 7) is 1.46. The molecule has 1 aliphatic rings. The number of imide groups is 1. The fourth-order valence-electron chi connectivity index (χ4n) is 2.61. The van der Waals surface area contributed by atoms with Gasteiger partial charge in [-0.3, -0.25) is 10.1 Å². The third-order valence-electron chi connectivity index (χ3n) is 3.80. The highest BCUT2D eigenvalue weighted by Gasteiger charge is 2.19. The molecule has 5 nitrogen and oxygen atoms in total. The molecule has 2 heterocycles. The standard InChI is InChI=1S/C17H19N3O2S/c21-15(19-17(22)20-9-5-2-6-10-20)11-14-12-23-16(18-14)13-7-3-1-4-8-13/h1,3-4,7-8,12H,2,5-6,9-11H2,(H,19,21,22). The first-order valence-electron chi connectivity index (χ1n) is 7.81. The van der Waals surface area contributed by atoms with E-state index in [9.17, 15) is 9.59 Å². The molecule has 120 valence electrons. The minimum absolute atomic E-state index is 0.128. The maximum absolute atomic E-state index is 12.0. The Morgan fingerprint density at radius 3 is 2.61 bits per heavy atom. The summed E-state index contributed by atoms with van der Waals surface area (Å²) in [5.74, 6) is -0.300. The largest absolute Gasteiger partial charge is 0.324 e. The fourth-order valence-corrected chi connectivity index (χ4v) is 3.43. The Labute approximate surface area is 139 Å². The number of nitrogens with one attached hydrogen (secondary N) is 1. The molecule has 1 aromatic heterocycles. The number of carbonyl (C=O) groups is 2. The molecule has 1 saturated heterocycles. The lowest BCUT2D eigenvalue weighted by molar-refractivity contribution is -0.119. The molecule has 1 N–H and O–H groups in total. The number of aromatic nitrogens is 1. The van der Waals surface area contributed by atoms with Gasteiger partial charge in [0.2, 0.25) is 5.91 Å². The van der Waals surface area contributed by atoms with E-state index in [4.69, 9.17) is 0 Å². The van der Waals surface area contributed by atoms with Crippen LogP contribution < -0.4 is 5.32 Å². The molecule has 1 aliphatic heterocycles. The van der Waals surface area contributed by atoms with Gasteiger partial charge in [0.25, 0.3) is 0 Å². The minimum Gasteiger partial charge on any atom is -0.324 e. The Balaban J connectivity index is 1.56. The van der Waals surface area contributed by atoms with E-state index in [1.807, 2.05) is 35.7 Å². The first-order chi connectivity index (χ1) is 11.2. The van der Waals surface area contributed by atoms with Gasteiger partial charge in [0.1, 0.15) is 5.01 Å². The quantitative estimate of drug-likeness (QED) is 0.941. The molecule has 0 aliphatic carbocycles. The molecular formula is C17H19N3O2S. The monoisotopic (exact) mass is 329 g/mol. The van der Waals surface area contributed by atoms with Crippen molar-refractivity contribution in [3.05, 3.63) is 41.4 Å². The summed E-state index contributed by atoms with van der Waals surface area (Å²) in [5, 5.41) is 5.21. The molecule has 0 unspecified atom stereocenters.